The molecule has 0 spiro atoms. The summed E-state index contributed by atoms with van der Waals surface area (Å²) < 4.78 is 67.6. The maximum atomic E-state index is 14.1. The topological polar surface area (TPSA) is 153 Å². The van der Waals surface area contributed by atoms with Crippen molar-refractivity contribution in [2.45, 2.75) is 23.6 Å². The van der Waals surface area contributed by atoms with Gasteiger partial charge in [0.25, 0.3) is 5.91 Å². The van der Waals surface area contributed by atoms with Crippen molar-refractivity contribution in [1.29, 1.82) is 0 Å². The minimum atomic E-state index is -3.93. The van der Waals surface area contributed by atoms with Crippen molar-refractivity contribution < 1.29 is 35.6 Å². The molecule has 0 bridgehead atoms. The molecule has 0 aromatic heterocycles. The molecule has 13 heteroatoms. The van der Waals surface area contributed by atoms with Gasteiger partial charge < -0.3 is 10.1 Å². The first kappa shape index (κ1) is 25.4. The van der Waals surface area contributed by atoms with Crippen molar-refractivity contribution in [3.63, 3.8) is 0 Å². The number of hydrogen-bond donors (Lipinski definition) is 2. The number of anilines is 1. The number of benzene rings is 2. The van der Waals surface area contributed by atoms with Crippen molar-refractivity contribution in [3.8, 4) is 0 Å². The molecule has 2 aromatic rings. The van der Waals surface area contributed by atoms with E-state index in [1.165, 1.54) is 24.3 Å². The molecule has 174 valence electrons. The van der Waals surface area contributed by atoms with Gasteiger partial charge in [-0.25, -0.2) is 31.2 Å². The lowest BCUT2D eigenvalue weighted by atomic mass is 10.2. The van der Waals surface area contributed by atoms with Gasteiger partial charge in [0, 0.05) is 18.8 Å². The van der Waals surface area contributed by atoms with E-state index in [1.807, 2.05) is 0 Å². The Bertz CT molecular complexity index is 1210. The number of hydrogen-bond acceptors (Lipinski definition) is 7. The zero-order valence-corrected chi connectivity index (χ0v) is 18.9. The lowest BCUT2D eigenvalue weighted by Gasteiger charge is -2.18. The van der Waals surface area contributed by atoms with E-state index in [1.54, 1.807) is 13.8 Å². The summed E-state index contributed by atoms with van der Waals surface area (Å²) in [5, 5.41) is 7.34. The van der Waals surface area contributed by atoms with Crippen molar-refractivity contribution in [2.24, 2.45) is 5.14 Å². The number of rotatable bonds is 9. The summed E-state index contributed by atoms with van der Waals surface area (Å²) in [5.41, 5.74) is -0.430. The first-order valence-corrected chi connectivity index (χ1v) is 12.3. The third-order valence-electron chi connectivity index (χ3n) is 4.30. The van der Waals surface area contributed by atoms with E-state index in [0.29, 0.717) is 0 Å². The number of carbonyl (C=O) groups excluding carboxylic acids is 2. The van der Waals surface area contributed by atoms with Crippen LogP contribution < -0.4 is 10.5 Å². The first-order valence-electron chi connectivity index (χ1n) is 9.29. The maximum Gasteiger partial charge on any atom is 0.341 e. The lowest BCUT2D eigenvalue weighted by molar-refractivity contribution is -0.119. The van der Waals surface area contributed by atoms with E-state index in [0.717, 1.165) is 22.5 Å². The van der Waals surface area contributed by atoms with Crippen LogP contribution in [0.3, 0.4) is 0 Å². The Morgan fingerprint density at radius 2 is 1.56 bits per heavy atom. The molecule has 2 rings (SSSR count). The lowest BCUT2D eigenvalue weighted by Crippen LogP contribution is -2.30. The SMILES string of the molecule is CCN(CC)S(=O)(=O)c1ccc(F)c(C(=O)OCC(=O)Nc2ccc(S(N)(=O)=O)cc2)c1. The van der Waals surface area contributed by atoms with E-state index in [-0.39, 0.29) is 28.6 Å². The summed E-state index contributed by atoms with van der Waals surface area (Å²) in [4.78, 5) is 23.8. The Balaban J connectivity index is 2.08. The van der Waals surface area contributed by atoms with Gasteiger partial charge in [0.05, 0.1) is 15.4 Å². The number of ether oxygens (including phenoxy) is 1. The quantitative estimate of drug-likeness (QED) is 0.506. The Morgan fingerprint density at radius 1 is 1.00 bits per heavy atom. The first-order chi connectivity index (χ1) is 14.9. The number of carbonyl (C=O) groups is 2. The smallest absolute Gasteiger partial charge is 0.341 e. The Labute approximate surface area is 185 Å². The molecule has 2 aromatic carbocycles. The molecule has 0 atom stereocenters. The number of amides is 1. The summed E-state index contributed by atoms with van der Waals surface area (Å²) in [6.07, 6.45) is 0. The fourth-order valence-electron chi connectivity index (χ4n) is 2.67. The predicted octanol–water partition coefficient (Wildman–Crippen LogP) is 1.30. The Hall–Kier alpha value is -2.87. The van der Waals surface area contributed by atoms with Crippen LogP contribution in [0.15, 0.2) is 52.3 Å². The number of nitrogens with two attached hydrogens (primary N) is 1. The van der Waals surface area contributed by atoms with Gasteiger partial charge in [-0.05, 0) is 42.5 Å². The molecule has 1 amide bonds. The summed E-state index contributed by atoms with van der Waals surface area (Å²) in [5.74, 6) is -3.01. The van der Waals surface area contributed by atoms with Gasteiger partial charge >= 0.3 is 5.97 Å². The Kier molecular flexibility index (Phi) is 8.07. The molecule has 0 saturated carbocycles. The van der Waals surface area contributed by atoms with Crippen molar-refractivity contribution >= 4 is 37.6 Å². The molecule has 0 unspecified atom stereocenters. The highest BCUT2D eigenvalue weighted by Gasteiger charge is 2.25. The van der Waals surface area contributed by atoms with Crippen LogP contribution in [0.2, 0.25) is 0 Å². The van der Waals surface area contributed by atoms with E-state index in [2.05, 4.69) is 5.32 Å². The predicted molar refractivity (Wildman–Crippen MR) is 113 cm³/mol. The number of nitrogens with one attached hydrogen (secondary N) is 1. The zero-order chi connectivity index (χ0) is 24.1. The molecule has 0 radical (unpaired) electrons. The second-order valence-corrected chi connectivity index (χ2v) is 9.92. The molecule has 0 saturated heterocycles. The van der Waals surface area contributed by atoms with Crippen LogP contribution in [0.4, 0.5) is 10.1 Å². The molecule has 0 heterocycles. The van der Waals surface area contributed by atoms with Gasteiger partial charge in [-0.15, -0.1) is 0 Å². The van der Waals surface area contributed by atoms with Crippen LogP contribution in [-0.2, 0) is 29.6 Å². The van der Waals surface area contributed by atoms with Crippen LogP contribution in [0.1, 0.15) is 24.2 Å². The van der Waals surface area contributed by atoms with Gasteiger partial charge in [0.1, 0.15) is 5.82 Å². The van der Waals surface area contributed by atoms with Crippen LogP contribution in [0.5, 0.6) is 0 Å². The monoisotopic (exact) mass is 487 g/mol. The minimum absolute atomic E-state index is 0.156. The van der Waals surface area contributed by atoms with Crippen LogP contribution in [0, 0.1) is 5.82 Å². The van der Waals surface area contributed by atoms with E-state index in [9.17, 15) is 30.8 Å². The van der Waals surface area contributed by atoms with E-state index >= 15 is 0 Å². The third-order valence-corrected chi connectivity index (χ3v) is 7.28. The van der Waals surface area contributed by atoms with Gasteiger partial charge in [-0.1, -0.05) is 13.8 Å². The van der Waals surface area contributed by atoms with Crippen LogP contribution in [0.25, 0.3) is 0 Å². The molecule has 10 nitrogen and oxygen atoms in total. The fraction of sp³-hybridized carbons (Fsp3) is 0.263. The summed E-state index contributed by atoms with van der Waals surface area (Å²) >= 11 is 0. The number of nitrogens with zero attached hydrogens (tertiary/aromatic N) is 1. The standard InChI is InChI=1S/C19H22FN3O7S2/c1-3-23(4-2)32(28,29)15-9-10-17(20)16(11-15)19(25)30-12-18(24)22-13-5-7-14(8-6-13)31(21,26)27/h5-11H,3-4,12H2,1-2H3,(H,22,24)(H2,21,26,27). The fourth-order valence-corrected chi connectivity index (χ4v) is 4.67. The number of halogens is 1. The summed E-state index contributed by atoms with van der Waals surface area (Å²) in [6, 6.07) is 7.64. The number of esters is 1. The minimum Gasteiger partial charge on any atom is -0.452 e. The van der Waals surface area contributed by atoms with E-state index in [4.69, 9.17) is 9.88 Å². The van der Waals surface area contributed by atoms with Crippen molar-refractivity contribution in [2.75, 3.05) is 25.0 Å². The largest absolute Gasteiger partial charge is 0.452 e. The molecule has 3 N–H and O–H groups in total. The molecule has 0 aliphatic heterocycles. The van der Waals surface area contributed by atoms with Gasteiger partial charge in [-0.2, -0.15) is 4.31 Å². The summed E-state index contributed by atoms with van der Waals surface area (Å²) in [7, 11) is -7.82. The zero-order valence-electron chi connectivity index (χ0n) is 17.2. The van der Waals surface area contributed by atoms with E-state index < -0.39 is 49.9 Å². The average molecular weight is 488 g/mol. The van der Waals surface area contributed by atoms with Crippen LogP contribution in [-0.4, -0.2) is 52.7 Å². The summed E-state index contributed by atoms with van der Waals surface area (Å²) in [6.45, 7) is 2.87. The third kappa shape index (κ3) is 6.09. The number of sulfonamides is 2. The molecule has 0 aliphatic rings. The normalized spacial score (nSPS) is 11.9. The van der Waals surface area contributed by atoms with Crippen molar-refractivity contribution in [1.82, 2.24) is 4.31 Å². The second-order valence-electron chi connectivity index (χ2n) is 6.42. The van der Waals surface area contributed by atoms with Gasteiger partial charge in [0.15, 0.2) is 6.61 Å². The van der Waals surface area contributed by atoms with Gasteiger partial charge in [0.2, 0.25) is 20.0 Å². The van der Waals surface area contributed by atoms with Gasteiger partial charge in [-0.3, -0.25) is 4.79 Å². The average Bonchev–Trinajstić information content (AvgIpc) is 2.72. The highest BCUT2D eigenvalue weighted by Crippen LogP contribution is 2.20. The molecular formula is C19H22FN3O7S2. The maximum absolute atomic E-state index is 14.1. The molecule has 0 fully saturated rings. The molecule has 32 heavy (non-hydrogen) atoms. The van der Waals surface area contributed by atoms with Crippen LogP contribution >= 0.6 is 0 Å². The highest BCUT2D eigenvalue weighted by molar-refractivity contribution is 7.89. The van der Waals surface area contributed by atoms with Crippen molar-refractivity contribution in [3.05, 3.63) is 53.8 Å². The second kappa shape index (κ2) is 10.2. The Morgan fingerprint density at radius 3 is 2.09 bits per heavy atom. The molecule has 0 aliphatic carbocycles. The highest BCUT2D eigenvalue weighted by atomic mass is 32.2. The molecular weight excluding hydrogens is 465 g/mol. The number of primary sulfonamides is 1.